The van der Waals surface area contributed by atoms with E-state index in [0.717, 1.165) is 26.0 Å². The summed E-state index contributed by atoms with van der Waals surface area (Å²) in [5.74, 6) is -0.719. The van der Waals surface area contributed by atoms with Crippen LogP contribution in [0.1, 0.15) is 19.3 Å². The lowest BCUT2D eigenvalue weighted by Crippen LogP contribution is -2.34. The number of methoxy groups -OCH3 is 1. The van der Waals surface area contributed by atoms with Crippen LogP contribution in [0.2, 0.25) is 0 Å². The first-order valence-electron chi connectivity index (χ1n) is 4.69. The summed E-state index contributed by atoms with van der Waals surface area (Å²) in [4.78, 5) is 12.6. The van der Waals surface area contributed by atoms with Crippen LogP contribution in [0.25, 0.3) is 0 Å². The molecule has 1 rings (SSSR count). The van der Waals surface area contributed by atoms with Crippen LogP contribution in [0.15, 0.2) is 0 Å². The highest BCUT2D eigenvalue weighted by Gasteiger charge is 2.24. The van der Waals surface area contributed by atoms with Crippen LogP contribution >= 0.6 is 0 Å². The zero-order valence-corrected chi connectivity index (χ0v) is 8.03. The molecule has 1 unspecified atom stereocenters. The summed E-state index contributed by atoms with van der Waals surface area (Å²) in [5, 5.41) is 8.53. The Morgan fingerprint density at radius 2 is 2.46 bits per heavy atom. The number of aliphatic carboxylic acids is 1. The van der Waals surface area contributed by atoms with E-state index < -0.39 is 5.97 Å². The van der Waals surface area contributed by atoms with Gasteiger partial charge in [-0.1, -0.05) is 0 Å². The largest absolute Gasteiger partial charge is 0.481 e. The van der Waals surface area contributed by atoms with Gasteiger partial charge in [0.2, 0.25) is 0 Å². The molecule has 0 amide bonds. The first-order valence-corrected chi connectivity index (χ1v) is 4.69. The normalized spacial score (nSPS) is 23.6. The van der Waals surface area contributed by atoms with Gasteiger partial charge < -0.3 is 9.84 Å². The van der Waals surface area contributed by atoms with E-state index in [-0.39, 0.29) is 6.42 Å². The molecule has 76 valence electrons. The third-order valence-electron chi connectivity index (χ3n) is 2.47. The van der Waals surface area contributed by atoms with E-state index in [9.17, 15) is 4.79 Å². The second kappa shape index (κ2) is 5.19. The predicted molar refractivity (Wildman–Crippen MR) is 48.7 cm³/mol. The SMILES string of the molecule is COCC1CCCN1CCC(=O)O. The quantitative estimate of drug-likeness (QED) is 0.683. The van der Waals surface area contributed by atoms with E-state index in [0.29, 0.717) is 12.6 Å². The van der Waals surface area contributed by atoms with Crippen molar-refractivity contribution in [1.29, 1.82) is 0 Å². The summed E-state index contributed by atoms with van der Waals surface area (Å²) in [6.07, 6.45) is 2.53. The molecule has 0 saturated carbocycles. The van der Waals surface area contributed by atoms with Crippen molar-refractivity contribution in [2.24, 2.45) is 0 Å². The van der Waals surface area contributed by atoms with Crippen LogP contribution in [0, 0.1) is 0 Å². The lowest BCUT2D eigenvalue weighted by molar-refractivity contribution is -0.137. The average Bonchev–Trinajstić information content (AvgIpc) is 2.49. The minimum absolute atomic E-state index is 0.236. The third-order valence-corrected chi connectivity index (χ3v) is 2.47. The van der Waals surface area contributed by atoms with Gasteiger partial charge in [-0.25, -0.2) is 0 Å². The fraction of sp³-hybridized carbons (Fsp3) is 0.889. The molecular formula is C9H17NO3. The summed E-state index contributed by atoms with van der Waals surface area (Å²) in [7, 11) is 1.69. The Morgan fingerprint density at radius 1 is 1.69 bits per heavy atom. The zero-order chi connectivity index (χ0) is 9.68. The van der Waals surface area contributed by atoms with Crippen molar-refractivity contribution in [3.63, 3.8) is 0 Å². The highest BCUT2D eigenvalue weighted by Crippen LogP contribution is 2.17. The third kappa shape index (κ3) is 3.32. The minimum atomic E-state index is -0.719. The summed E-state index contributed by atoms with van der Waals surface area (Å²) >= 11 is 0. The molecular weight excluding hydrogens is 170 g/mol. The molecule has 13 heavy (non-hydrogen) atoms. The van der Waals surface area contributed by atoms with E-state index in [2.05, 4.69) is 4.90 Å². The van der Waals surface area contributed by atoms with E-state index in [1.807, 2.05) is 0 Å². The van der Waals surface area contributed by atoms with Gasteiger partial charge in [0.1, 0.15) is 0 Å². The van der Waals surface area contributed by atoms with Gasteiger partial charge in [-0.2, -0.15) is 0 Å². The summed E-state index contributed by atoms with van der Waals surface area (Å²) in [6, 6.07) is 0.435. The van der Waals surface area contributed by atoms with Crippen molar-refractivity contribution in [1.82, 2.24) is 4.90 Å². The Labute approximate surface area is 78.5 Å². The van der Waals surface area contributed by atoms with Crippen molar-refractivity contribution in [3.05, 3.63) is 0 Å². The highest BCUT2D eigenvalue weighted by molar-refractivity contribution is 5.66. The Morgan fingerprint density at radius 3 is 3.08 bits per heavy atom. The Balaban J connectivity index is 2.26. The molecule has 0 spiro atoms. The van der Waals surface area contributed by atoms with Crippen LogP contribution in [-0.2, 0) is 9.53 Å². The van der Waals surface area contributed by atoms with Crippen molar-refractivity contribution >= 4 is 5.97 Å². The van der Waals surface area contributed by atoms with Crippen molar-refractivity contribution in [2.45, 2.75) is 25.3 Å². The second-order valence-corrected chi connectivity index (χ2v) is 3.43. The number of carbonyl (C=O) groups is 1. The minimum Gasteiger partial charge on any atom is -0.481 e. The maximum Gasteiger partial charge on any atom is 0.304 e. The molecule has 4 heteroatoms. The number of hydrogen-bond donors (Lipinski definition) is 1. The topological polar surface area (TPSA) is 49.8 Å². The molecule has 1 aliphatic heterocycles. The molecule has 0 bridgehead atoms. The summed E-state index contributed by atoms with van der Waals surface area (Å²) in [6.45, 7) is 2.39. The van der Waals surface area contributed by atoms with Gasteiger partial charge in [0.05, 0.1) is 13.0 Å². The molecule has 1 saturated heterocycles. The fourth-order valence-electron chi connectivity index (χ4n) is 1.81. The van der Waals surface area contributed by atoms with Crippen LogP contribution in [0.5, 0.6) is 0 Å². The number of hydrogen-bond acceptors (Lipinski definition) is 3. The number of likely N-dealkylation sites (tertiary alicyclic amines) is 1. The van der Waals surface area contributed by atoms with E-state index in [4.69, 9.17) is 9.84 Å². The van der Waals surface area contributed by atoms with Gasteiger partial charge in [-0.15, -0.1) is 0 Å². The maximum absolute atomic E-state index is 10.4. The number of carboxylic acid groups (broad SMARTS) is 1. The van der Waals surface area contributed by atoms with Crippen molar-refractivity contribution < 1.29 is 14.6 Å². The Kier molecular flexibility index (Phi) is 4.18. The zero-order valence-electron chi connectivity index (χ0n) is 8.03. The standard InChI is InChI=1S/C9H17NO3/c1-13-7-8-3-2-5-10(8)6-4-9(11)12/h8H,2-7H2,1H3,(H,11,12). The van der Waals surface area contributed by atoms with E-state index >= 15 is 0 Å². The lowest BCUT2D eigenvalue weighted by atomic mass is 10.2. The Hall–Kier alpha value is -0.610. The van der Waals surface area contributed by atoms with Crippen LogP contribution in [0.4, 0.5) is 0 Å². The van der Waals surface area contributed by atoms with Crippen molar-refractivity contribution in [3.8, 4) is 0 Å². The Bertz CT molecular complexity index is 172. The fourth-order valence-corrected chi connectivity index (χ4v) is 1.81. The van der Waals surface area contributed by atoms with Crippen molar-refractivity contribution in [2.75, 3.05) is 26.8 Å². The number of nitrogens with zero attached hydrogens (tertiary/aromatic N) is 1. The molecule has 0 aromatic rings. The second-order valence-electron chi connectivity index (χ2n) is 3.43. The van der Waals surface area contributed by atoms with Gasteiger partial charge in [0.25, 0.3) is 0 Å². The number of carboxylic acids is 1. The molecule has 1 atom stereocenters. The highest BCUT2D eigenvalue weighted by atomic mass is 16.5. The molecule has 4 nitrogen and oxygen atoms in total. The van der Waals surface area contributed by atoms with Crippen LogP contribution in [-0.4, -0.2) is 48.8 Å². The first kappa shape index (κ1) is 10.5. The van der Waals surface area contributed by atoms with Gasteiger partial charge in [0.15, 0.2) is 0 Å². The molecule has 0 radical (unpaired) electrons. The smallest absolute Gasteiger partial charge is 0.304 e. The van der Waals surface area contributed by atoms with Crippen LogP contribution in [0.3, 0.4) is 0 Å². The van der Waals surface area contributed by atoms with Gasteiger partial charge >= 0.3 is 5.97 Å². The maximum atomic E-state index is 10.4. The molecule has 1 N–H and O–H groups in total. The number of rotatable bonds is 5. The monoisotopic (exact) mass is 187 g/mol. The number of ether oxygens (including phenoxy) is 1. The molecule has 0 aromatic heterocycles. The van der Waals surface area contributed by atoms with E-state index in [1.165, 1.54) is 0 Å². The predicted octanol–water partition coefficient (Wildman–Crippen LogP) is 0.572. The lowest BCUT2D eigenvalue weighted by Gasteiger charge is -2.22. The summed E-state index contributed by atoms with van der Waals surface area (Å²) < 4.78 is 5.07. The van der Waals surface area contributed by atoms with Gasteiger partial charge in [-0.3, -0.25) is 9.69 Å². The molecule has 1 aliphatic rings. The van der Waals surface area contributed by atoms with Gasteiger partial charge in [0, 0.05) is 19.7 Å². The van der Waals surface area contributed by atoms with Gasteiger partial charge in [-0.05, 0) is 19.4 Å². The van der Waals surface area contributed by atoms with Crippen LogP contribution < -0.4 is 0 Å². The first-order chi connectivity index (χ1) is 6.24. The average molecular weight is 187 g/mol. The molecule has 1 heterocycles. The van der Waals surface area contributed by atoms with E-state index in [1.54, 1.807) is 7.11 Å². The molecule has 1 fully saturated rings. The summed E-state index contributed by atoms with van der Waals surface area (Å²) in [5.41, 5.74) is 0. The molecule has 0 aliphatic carbocycles. The molecule has 0 aromatic carbocycles.